The molecule has 1 heterocycles. The second-order valence-electron chi connectivity index (χ2n) is 7.10. The van der Waals surface area contributed by atoms with Gasteiger partial charge in [-0.3, -0.25) is 0 Å². The van der Waals surface area contributed by atoms with Crippen molar-refractivity contribution < 1.29 is 4.74 Å². The standard InChI is InChI=1S/C19H32N2O/c1-14(2)13-21-9-7-16(8-10-21)19(12-20)18-6-5-17(22-4)11-15(18)3/h5-6,11,14,16,19H,7-10,12-13,20H2,1-4H3. The topological polar surface area (TPSA) is 38.5 Å². The molecule has 0 aliphatic carbocycles. The first-order chi connectivity index (χ1) is 10.5. The Morgan fingerprint density at radius 2 is 1.95 bits per heavy atom. The van der Waals surface area contributed by atoms with Crippen LogP contribution in [0.1, 0.15) is 43.7 Å². The monoisotopic (exact) mass is 304 g/mol. The van der Waals surface area contributed by atoms with Gasteiger partial charge in [0.2, 0.25) is 0 Å². The van der Waals surface area contributed by atoms with Gasteiger partial charge < -0.3 is 15.4 Å². The van der Waals surface area contributed by atoms with Gasteiger partial charge in [0.15, 0.2) is 0 Å². The van der Waals surface area contributed by atoms with Crippen LogP contribution in [0.2, 0.25) is 0 Å². The van der Waals surface area contributed by atoms with E-state index >= 15 is 0 Å². The molecule has 2 N–H and O–H groups in total. The Kier molecular flexibility index (Phi) is 6.27. The molecule has 2 rings (SSSR count). The summed E-state index contributed by atoms with van der Waals surface area (Å²) in [7, 11) is 1.72. The molecule has 1 aliphatic heterocycles. The van der Waals surface area contributed by atoms with Crippen LogP contribution in [0.15, 0.2) is 18.2 Å². The van der Waals surface area contributed by atoms with E-state index in [1.807, 2.05) is 0 Å². The van der Waals surface area contributed by atoms with Crippen molar-refractivity contribution in [3.8, 4) is 5.75 Å². The van der Waals surface area contributed by atoms with Crippen molar-refractivity contribution >= 4 is 0 Å². The van der Waals surface area contributed by atoms with E-state index in [-0.39, 0.29) is 0 Å². The molecule has 0 spiro atoms. The maximum Gasteiger partial charge on any atom is 0.119 e. The molecule has 1 aromatic carbocycles. The summed E-state index contributed by atoms with van der Waals surface area (Å²) >= 11 is 0. The minimum absolute atomic E-state index is 0.479. The smallest absolute Gasteiger partial charge is 0.119 e. The van der Waals surface area contributed by atoms with Crippen molar-refractivity contribution in [2.24, 2.45) is 17.6 Å². The average molecular weight is 304 g/mol. The first-order valence-electron chi connectivity index (χ1n) is 8.62. The molecule has 124 valence electrons. The summed E-state index contributed by atoms with van der Waals surface area (Å²) in [5.74, 6) is 2.88. The molecule has 1 unspecified atom stereocenters. The highest BCUT2D eigenvalue weighted by molar-refractivity contribution is 5.37. The summed E-state index contributed by atoms with van der Waals surface area (Å²) in [5, 5.41) is 0. The minimum Gasteiger partial charge on any atom is -0.497 e. The van der Waals surface area contributed by atoms with Gasteiger partial charge >= 0.3 is 0 Å². The summed E-state index contributed by atoms with van der Waals surface area (Å²) in [6.45, 7) is 11.2. The fourth-order valence-electron chi connectivity index (χ4n) is 3.82. The number of likely N-dealkylation sites (tertiary alicyclic amines) is 1. The van der Waals surface area contributed by atoms with Crippen molar-refractivity contribution in [2.75, 3.05) is 33.3 Å². The molecule has 3 heteroatoms. The van der Waals surface area contributed by atoms with Crippen molar-refractivity contribution in [3.63, 3.8) is 0 Å². The van der Waals surface area contributed by atoms with E-state index in [1.54, 1.807) is 7.11 Å². The molecule has 0 radical (unpaired) electrons. The highest BCUT2D eigenvalue weighted by Crippen LogP contribution is 2.34. The molecule has 0 aromatic heterocycles. The summed E-state index contributed by atoms with van der Waals surface area (Å²) < 4.78 is 5.32. The van der Waals surface area contributed by atoms with E-state index in [4.69, 9.17) is 10.5 Å². The zero-order valence-corrected chi connectivity index (χ0v) is 14.6. The lowest BCUT2D eigenvalue weighted by Crippen LogP contribution is -2.39. The van der Waals surface area contributed by atoms with Crippen LogP contribution in [0.25, 0.3) is 0 Å². The molecule has 1 fully saturated rings. The first kappa shape index (κ1) is 17.3. The van der Waals surface area contributed by atoms with Crippen molar-refractivity contribution in [3.05, 3.63) is 29.3 Å². The van der Waals surface area contributed by atoms with Crippen LogP contribution in [0.3, 0.4) is 0 Å². The Labute approximate surface area is 135 Å². The fourth-order valence-corrected chi connectivity index (χ4v) is 3.82. The van der Waals surface area contributed by atoms with Gasteiger partial charge in [0.05, 0.1) is 7.11 Å². The van der Waals surface area contributed by atoms with Crippen LogP contribution < -0.4 is 10.5 Å². The van der Waals surface area contributed by atoms with Gasteiger partial charge in [-0.2, -0.15) is 0 Å². The molecule has 1 aromatic rings. The number of nitrogens with two attached hydrogens (primary N) is 1. The molecular weight excluding hydrogens is 272 g/mol. The lowest BCUT2D eigenvalue weighted by atomic mass is 9.78. The normalized spacial score (nSPS) is 18.6. The van der Waals surface area contributed by atoms with Crippen LogP contribution in [-0.4, -0.2) is 38.2 Å². The van der Waals surface area contributed by atoms with Gasteiger partial charge in [-0.05, 0) is 80.4 Å². The molecule has 0 saturated carbocycles. The first-order valence-corrected chi connectivity index (χ1v) is 8.62. The maximum atomic E-state index is 6.15. The Morgan fingerprint density at radius 1 is 1.27 bits per heavy atom. The van der Waals surface area contributed by atoms with E-state index < -0.39 is 0 Å². The number of ether oxygens (including phenoxy) is 1. The number of aryl methyl sites for hydroxylation is 1. The lowest BCUT2D eigenvalue weighted by Gasteiger charge is -2.37. The highest BCUT2D eigenvalue weighted by Gasteiger charge is 2.27. The van der Waals surface area contributed by atoms with Gasteiger partial charge in [-0.15, -0.1) is 0 Å². The maximum absolute atomic E-state index is 6.15. The third-order valence-corrected chi connectivity index (χ3v) is 4.95. The third-order valence-electron chi connectivity index (χ3n) is 4.95. The molecule has 0 bridgehead atoms. The van der Waals surface area contributed by atoms with Crippen LogP contribution in [0.4, 0.5) is 0 Å². The van der Waals surface area contributed by atoms with Gasteiger partial charge in [-0.1, -0.05) is 19.9 Å². The predicted octanol–water partition coefficient (Wildman–Crippen LogP) is 3.41. The van der Waals surface area contributed by atoms with Gasteiger partial charge in [-0.25, -0.2) is 0 Å². The average Bonchev–Trinajstić information content (AvgIpc) is 2.50. The van der Waals surface area contributed by atoms with Crippen LogP contribution in [-0.2, 0) is 0 Å². The summed E-state index contributed by atoms with van der Waals surface area (Å²) in [5.41, 5.74) is 8.86. The van der Waals surface area contributed by atoms with Crippen LogP contribution >= 0.6 is 0 Å². The predicted molar refractivity (Wildman–Crippen MR) is 93.5 cm³/mol. The van der Waals surface area contributed by atoms with Crippen molar-refractivity contribution in [2.45, 2.75) is 39.5 Å². The fraction of sp³-hybridized carbons (Fsp3) is 0.684. The Morgan fingerprint density at radius 3 is 2.45 bits per heavy atom. The largest absolute Gasteiger partial charge is 0.497 e. The Hall–Kier alpha value is -1.06. The third kappa shape index (κ3) is 4.23. The highest BCUT2D eigenvalue weighted by atomic mass is 16.5. The lowest BCUT2D eigenvalue weighted by molar-refractivity contribution is 0.155. The van der Waals surface area contributed by atoms with Gasteiger partial charge in [0, 0.05) is 6.54 Å². The van der Waals surface area contributed by atoms with Crippen LogP contribution in [0, 0.1) is 18.8 Å². The quantitative estimate of drug-likeness (QED) is 0.875. The van der Waals surface area contributed by atoms with E-state index in [2.05, 4.69) is 43.9 Å². The number of nitrogens with zero attached hydrogens (tertiary/aromatic N) is 1. The second-order valence-corrected chi connectivity index (χ2v) is 7.10. The Bertz CT molecular complexity index is 465. The molecule has 1 atom stereocenters. The molecule has 1 aliphatic rings. The summed E-state index contributed by atoms with van der Waals surface area (Å²) in [6, 6.07) is 6.41. The molecule has 0 amide bonds. The van der Waals surface area contributed by atoms with Gasteiger partial charge in [0.25, 0.3) is 0 Å². The Balaban J connectivity index is 2.04. The minimum atomic E-state index is 0.479. The zero-order chi connectivity index (χ0) is 16.1. The van der Waals surface area contributed by atoms with Crippen molar-refractivity contribution in [1.82, 2.24) is 4.90 Å². The SMILES string of the molecule is COc1ccc(C(CN)C2CCN(CC(C)C)CC2)c(C)c1. The molecule has 1 saturated heterocycles. The second kappa shape index (κ2) is 7.98. The zero-order valence-electron chi connectivity index (χ0n) is 14.6. The van der Waals surface area contributed by atoms with E-state index in [0.29, 0.717) is 11.8 Å². The molecule has 22 heavy (non-hydrogen) atoms. The summed E-state index contributed by atoms with van der Waals surface area (Å²) in [6.07, 6.45) is 2.53. The molecular formula is C19H32N2O. The number of methoxy groups -OCH3 is 1. The number of piperidine rings is 1. The van der Waals surface area contributed by atoms with E-state index in [0.717, 1.165) is 18.2 Å². The number of hydrogen-bond donors (Lipinski definition) is 1. The van der Waals surface area contributed by atoms with Crippen LogP contribution in [0.5, 0.6) is 5.75 Å². The van der Waals surface area contributed by atoms with Crippen molar-refractivity contribution in [1.29, 1.82) is 0 Å². The number of hydrogen-bond acceptors (Lipinski definition) is 3. The number of benzene rings is 1. The summed E-state index contributed by atoms with van der Waals surface area (Å²) in [4.78, 5) is 2.61. The number of rotatable bonds is 6. The van der Waals surface area contributed by atoms with E-state index in [1.165, 1.54) is 43.6 Å². The van der Waals surface area contributed by atoms with Gasteiger partial charge in [0.1, 0.15) is 5.75 Å². The van der Waals surface area contributed by atoms with E-state index in [9.17, 15) is 0 Å². The molecule has 3 nitrogen and oxygen atoms in total.